The highest BCUT2D eigenvalue weighted by Crippen LogP contribution is 2.28. The number of nitrogens with one attached hydrogen (secondary N) is 1. The number of carbonyl (C=O) groups is 2. The molecule has 0 radical (unpaired) electrons. The summed E-state index contributed by atoms with van der Waals surface area (Å²) in [7, 11) is 1.50. The topological polar surface area (TPSA) is 58.6 Å². The summed E-state index contributed by atoms with van der Waals surface area (Å²) < 4.78 is 5.20. The van der Waals surface area contributed by atoms with E-state index in [9.17, 15) is 9.59 Å². The highest BCUT2D eigenvalue weighted by atomic mass is 35.5. The van der Waals surface area contributed by atoms with E-state index >= 15 is 0 Å². The number of hydrogen-bond donors (Lipinski definition) is 1. The molecule has 0 saturated carbocycles. The summed E-state index contributed by atoms with van der Waals surface area (Å²) in [5.74, 6) is -0.167. The Kier molecular flexibility index (Phi) is 6.28. The maximum Gasteiger partial charge on any atom is 0.244 e. The second-order valence-corrected chi connectivity index (χ2v) is 6.30. The summed E-state index contributed by atoms with van der Waals surface area (Å²) in [4.78, 5) is 25.8. The lowest BCUT2D eigenvalue weighted by Gasteiger charge is -2.23. The Bertz CT molecular complexity index is 809. The summed E-state index contributed by atoms with van der Waals surface area (Å²) in [6.07, 6.45) is 0. The largest absolute Gasteiger partial charge is 0.495 e. The van der Waals surface area contributed by atoms with Gasteiger partial charge in [-0.15, -0.1) is 0 Å². The maximum absolute atomic E-state index is 12.4. The third kappa shape index (κ3) is 4.87. The average Bonchev–Trinajstić information content (AvgIpc) is 2.55. The van der Waals surface area contributed by atoms with Crippen LogP contribution in [0.4, 0.5) is 11.4 Å². The molecule has 2 rings (SSSR count). The first-order valence-corrected chi connectivity index (χ1v) is 8.25. The van der Waals surface area contributed by atoms with Crippen LogP contribution in [0.5, 0.6) is 5.75 Å². The van der Waals surface area contributed by atoms with Crippen molar-refractivity contribution in [3.8, 4) is 5.75 Å². The van der Waals surface area contributed by atoms with Crippen molar-refractivity contribution in [2.24, 2.45) is 0 Å². The molecule has 0 aromatic heterocycles. The molecule has 0 fully saturated rings. The van der Waals surface area contributed by atoms with E-state index in [0.717, 1.165) is 5.56 Å². The monoisotopic (exact) mass is 380 g/mol. The Labute approximate surface area is 156 Å². The molecule has 25 heavy (non-hydrogen) atoms. The number of methoxy groups -OCH3 is 1. The summed E-state index contributed by atoms with van der Waals surface area (Å²) >= 11 is 12.0. The second kappa shape index (κ2) is 8.23. The van der Waals surface area contributed by atoms with Gasteiger partial charge in [0.05, 0.1) is 12.8 Å². The zero-order valence-corrected chi connectivity index (χ0v) is 15.6. The van der Waals surface area contributed by atoms with Gasteiger partial charge in [-0.1, -0.05) is 29.3 Å². The maximum atomic E-state index is 12.4. The molecular weight excluding hydrogens is 363 g/mol. The number of halogens is 2. The lowest BCUT2D eigenvalue weighted by atomic mass is 10.1. The first-order valence-electron chi connectivity index (χ1n) is 7.49. The normalized spacial score (nSPS) is 10.3. The molecule has 7 heteroatoms. The Morgan fingerprint density at radius 1 is 1.12 bits per heavy atom. The summed E-state index contributed by atoms with van der Waals surface area (Å²) in [6.45, 7) is 3.08. The molecule has 1 N–H and O–H groups in total. The van der Waals surface area contributed by atoms with Crippen LogP contribution < -0.4 is 15.0 Å². The van der Waals surface area contributed by atoms with Crippen molar-refractivity contribution < 1.29 is 14.3 Å². The van der Waals surface area contributed by atoms with Gasteiger partial charge >= 0.3 is 0 Å². The lowest BCUT2D eigenvalue weighted by molar-refractivity contribution is -0.120. The van der Waals surface area contributed by atoms with Crippen LogP contribution in [-0.2, 0) is 9.59 Å². The fraction of sp³-hybridized carbons (Fsp3) is 0.222. The van der Waals surface area contributed by atoms with Crippen LogP contribution in [-0.4, -0.2) is 25.5 Å². The Morgan fingerprint density at radius 2 is 1.76 bits per heavy atom. The van der Waals surface area contributed by atoms with Gasteiger partial charge in [-0.3, -0.25) is 9.59 Å². The van der Waals surface area contributed by atoms with Crippen molar-refractivity contribution in [2.45, 2.75) is 13.8 Å². The fourth-order valence-corrected chi connectivity index (χ4v) is 2.69. The van der Waals surface area contributed by atoms with Crippen molar-refractivity contribution in [1.82, 2.24) is 0 Å². The van der Waals surface area contributed by atoms with E-state index in [1.807, 2.05) is 6.92 Å². The van der Waals surface area contributed by atoms with Crippen LogP contribution in [0.1, 0.15) is 12.5 Å². The molecule has 2 aromatic carbocycles. The molecule has 0 spiro atoms. The quantitative estimate of drug-likeness (QED) is 0.840. The van der Waals surface area contributed by atoms with E-state index in [1.165, 1.54) is 18.9 Å². The van der Waals surface area contributed by atoms with Crippen LogP contribution in [0.3, 0.4) is 0 Å². The van der Waals surface area contributed by atoms with Crippen LogP contribution in [0.15, 0.2) is 36.4 Å². The van der Waals surface area contributed by atoms with Crippen molar-refractivity contribution in [3.63, 3.8) is 0 Å². The number of ether oxygens (including phenoxy) is 1. The molecular formula is C18H18Cl2N2O3. The number of anilines is 2. The van der Waals surface area contributed by atoms with Gasteiger partial charge in [0.25, 0.3) is 0 Å². The minimum absolute atomic E-state index is 0.161. The third-order valence-corrected chi connectivity index (χ3v) is 4.05. The van der Waals surface area contributed by atoms with Crippen LogP contribution in [0, 0.1) is 6.92 Å². The Balaban J connectivity index is 2.23. The van der Waals surface area contributed by atoms with Crippen molar-refractivity contribution >= 4 is 46.4 Å². The highest BCUT2D eigenvalue weighted by molar-refractivity contribution is 6.31. The van der Waals surface area contributed by atoms with Crippen LogP contribution >= 0.6 is 23.2 Å². The smallest absolute Gasteiger partial charge is 0.244 e. The summed E-state index contributed by atoms with van der Waals surface area (Å²) in [6, 6.07) is 10.1. The Hall–Kier alpha value is -2.24. The molecule has 0 aliphatic heterocycles. The third-order valence-electron chi connectivity index (χ3n) is 3.58. The molecule has 2 aromatic rings. The van der Waals surface area contributed by atoms with Gasteiger partial charge in [-0.25, -0.2) is 0 Å². The molecule has 0 aliphatic carbocycles. The van der Waals surface area contributed by atoms with Gasteiger partial charge in [-0.2, -0.15) is 0 Å². The molecule has 132 valence electrons. The summed E-state index contributed by atoms with van der Waals surface area (Å²) in [5.41, 5.74) is 1.87. The fourth-order valence-electron chi connectivity index (χ4n) is 2.35. The first-order chi connectivity index (χ1) is 11.8. The molecule has 0 atom stereocenters. The van der Waals surface area contributed by atoms with E-state index in [-0.39, 0.29) is 18.4 Å². The van der Waals surface area contributed by atoms with Crippen molar-refractivity contribution in [3.05, 3.63) is 52.0 Å². The molecule has 0 saturated heterocycles. The zero-order chi connectivity index (χ0) is 18.6. The van der Waals surface area contributed by atoms with E-state index in [4.69, 9.17) is 27.9 Å². The standard InChI is InChI=1S/C18H18Cl2N2O3/c1-11-4-5-14(20)9-16(11)22(12(2)23)10-18(24)21-15-8-13(19)6-7-17(15)25-3/h4-9H,10H2,1-3H3,(H,21,24). The molecule has 5 nitrogen and oxygen atoms in total. The molecule has 0 unspecified atom stereocenters. The summed E-state index contributed by atoms with van der Waals surface area (Å²) in [5, 5.41) is 3.67. The number of amides is 2. The SMILES string of the molecule is COc1ccc(Cl)cc1NC(=O)CN(C(C)=O)c1cc(Cl)ccc1C. The molecule has 0 aliphatic rings. The predicted octanol–water partition coefficient (Wildman–Crippen LogP) is 4.30. The van der Waals surface area contributed by atoms with Crippen molar-refractivity contribution in [2.75, 3.05) is 23.9 Å². The number of hydrogen-bond acceptors (Lipinski definition) is 3. The van der Waals surface area contributed by atoms with E-state index < -0.39 is 0 Å². The average molecular weight is 381 g/mol. The zero-order valence-electron chi connectivity index (χ0n) is 14.1. The van der Waals surface area contributed by atoms with E-state index in [1.54, 1.807) is 36.4 Å². The number of aryl methyl sites for hydroxylation is 1. The number of carbonyl (C=O) groups excluding carboxylic acids is 2. The van der Waals surface area contributed by atoms with Crippen molar-refractivity contribution in [1.29, 1.82) is 0 Å². The first kappa shape index (κ1) is 19.1. The van der Waals surface area contributed by atoms with E-state index in [0.29, 0.717) is 27.2 Å². The number of rotatable bonds is 5. The van der Waals surface area contributed by atoms with Gasteiger partial charge in [0.15, 0.2) is 0 Å². The molecule has 0 heterocycles. The highest BCUT2D eigenvalue weighted by Gasteiger charge is 2.19. The number of nitrogens with zero attached hydrogens (tertiary/aromatic N) is 1. The minimum atomic E-state index is -0.379. The predicted molar refractivity (Wildman–Crippen MR) is 101 cm³/mol. The minimum Gasteiger partial charge on any atom is -0.495 e. The molecule has 0 bridgehead atoms. The second-order valence-electron chi connectivity index (χ2n) is 5.43. The number of benzene rings is 2. The van der Waals surface area contributed by atoms with Crippen LogP contribution in [0.25, 0.3) is 0 Å². The van der Waals surface area contributed by atoms with Gasteiger partial charge in [-0.05, 0) is 42.8 Å². The van der Waals surface area contributed by atoms with Crippen LogP contribution in [0.2, 0.25) is 10.0 Å². The van der Waals surface area contributed by atoms with E-state index in [2.05, 4.69) is 5.32 Å². The van der Waals surface area contributed by atoms with Gasteiger partial charge in [0.2, 0.25) is 11.8 Å². The van der Waals surface area contributed by atoms with Gasteiger partial charge < -0.3 is 15.0 Å². The van der Waals surface area contributed by atoms with Gasteiger partial charge in [0.1, 0.15) is 12.3 Å². The van der Waals surface area contributed by atoms with Gasteiger partial charge in [0, 0.05) is 22.7 Å². The Morgan fingerprint density at radius 3 is 2.40 bits per heavy atom. The lowest BCUT2D eigenvalue weighted by Crippen LogP contribution is -2.37. The molecule has 2 amide bonds.